The van der Waals surface area contributed by atoms with Crippen molar-refractivity contribution in [1.29, 1.82) is 0 Å². The molecule has 0 N–H and O–H groups in total. The molecule has 0 aromatic carbocycles. The third-order valence-electron chi connectivity index (χ3n) is 3.35. The minimum Gasteiger partial charge on any atom is -0.359 e. The lowest BCUT2D eigenvalue weighted by atomic mass is 10.0. The summed E-state index contributed by atoms with van der Waals surface area (Å²) >= 11 is 0. The van der Waals surface area contributed by atoms with E-state index in [9.17, 15) is 16.8 Å². The van der Waals surface area contributed by atoms with Crippen LogP contribution in [-0.2, 0) is 19.7 Å². The van der Waals surface area contributed by atoms with E-state index in [0.29, 0.717) is 12.8 Å². The van der Waals surface area contributed by atoms with Crippen LogP contribution in [0.25, 0.3) is 5.53 Å². The molecule has 0 bridgehead atoms. The molecule has 0 saturated heterocycles. The van der Waals surface area contributed by atoms with Gasteiger partial charge in [0.2, 0.25) is 0 Å². The molecule has 110 valence electrons. The van der Waals surface area contributed by atoms with E-state index in [1.807, 2.05) is 0 Å². The van der Waals surface area contributed by atoms with Gasteiger partial charge < -0.3 is 5.53 Å². The summed E-state index contributed by atoms with van der Waals surface area (Å²) in [5.41, 5.74) is 8.92. The van der Waals surface area contributed by atoms with Crippen molar-refractivity contribution in [3.63, 3.8) is 0 Å². The summed E-state index contributed by atoms with van der Waals surface area (Å²) in [7, 11) is -8.29. The minimum absolute atomic E-state index is 0.418. The highest BCUT2D eigenvalue weighted by atomic mass is 32.3. The van der Waals surface area contributed by atoms with Crippen LogP contribution in [0.1, 0.15) is 52.9 Å². The van der Waals surface area contributed by atoms with Gasteiger partial charge in [0.05, 0.1) is 10.00 Å². The van der Waals surface area contributed by atoms with Gasteiger partial charge in [-0.25, -0.2) is 16.8 Å². The molecular weight excluding hydrogens is 288 g/mol. The first-order valence-electron chi connectivity index (χ1n) is 6.25. The molecule has 0 spiro atoms. The lowest BCUT2D eigenvalue weighted by Gasteiger charge is -2.21. The number of rotatable bonds is 1. The van der Waals surface area contributed by atoms with Gasteiger partial charge in [-0.3, -0.25) is 0 Å². The molecule has 0 unspecified atom stereocenters. The fraction of sp³-hybridized carbons (Fsp3) is 0.909. The highest BCUT2D eigenvalue weighted by Crippen LogP contribution is 2.28. The number of hydrogen-bond acceptors (Lipinski definition) is 4. The van der Waals surface area contributed by atoms with Gasteiger partial charge in [-0.15, -0.1) is 4.79 Å². The molecular formula is C11H20N2O4S2. The van der Waals surface area contributed by atoms with Crippen molar-refractivity contribution in [2.24, 2.45) is 0 Å². The van der Waals surface area contributed by atoms with Gasteiger partial charge in [-0.05, 0) is 33.6 Å². The Kier molecular flexibility index (Phi) is 4.59. The van der Waals surface area contributed by atoms with Crippen LogP contribution in [0.5, 0.6) is 0 Å². The average Bonchev–Trinajstić information content (AvgIpc) is 2.28. The van der Waals surface area contributed by atoms with Crippen molar-refractivity contribution >= 4 is 24.1 Å². The van der Waals surface area contributed by atoms with Crippen LogP contribution in [0.15, 0.2) is 0 Å². The van der Waals surface area contributed by atoms with E-state index in [-0.39, 0.29) is 0 Å². The number of nitrogens with zero attached hydrogens (tertiary/aromatic N) is 2. The molecule has 6 nitrogen and oxygen atoms in total. The second-order valence-electron chi connectivity index (χ2n) is 5.79. The van der Waals surface area contributed by atoms with Crippen LogP contribution in [0.2, 0.25) is 0 Å². The van der Waals surface area contributed by atoms with Gasteiger partial charge in [-0.1, -0.05) is 19.3 Å². The quantitative estimate of drug-likeness (QED) is 0.317. The molecule has 0 heterocycles. The molecule has 0 atom stereocenters. The standard InChI is InChI=1S/C11H20N2O4S2/c1-11(2,3)19(16,17)10(13-12)18(14,15)9-7-5-4-6-8-9/h9H,4-8H2,1-3H3. The van der Waals surface area contributed by atoms with Crippen molar-refractivity contribution in [1.82, 2.24) is 0 Å². The van der Waals surface area contributed by atoms with E-state index in [4.69, 9.17) is 5.53 Å². The van der Waals surface area contributed by atoms with Crippen LogP contribution in [0.3, 0.4) is 0 Å². The third kappa shape index (κ3) is 3.07. The molecule has 1 rings (SSSR count). The van der Waals surface area contributed by atoms with Crippen molar-refractivity contribution in [2.75, 3.05) is 0 Å². The van der Waals surface area contributed by atoms with Crippen LogP contribution >= 0.6 is 0 Å². The smallest absolute Gasteiger partial charge is 0.359 e. The predicted octanol–water partition coefficient (Wildman–Crippen LogP) is 1.53. The summed E-state index contributed by atoms with van der Waals surface area (Å²) in [6.07, 6.45) is 3.28. The molecule has 0 aromatic heterocycles. The van der Waals surface area contributed by atoms with E-state index in [1.165, 1.54) is 20.8 Å². The SMILES string of the molecule is CC(C)(C)S(=O)(=O)C(=[N+]=[N-])S(=O)(=O)C1CCCCC1. The fourth-order valence-corrected chi connectivity index (χ4v) is 6.41. The number of hydrogen-bond donors (Lipinski definition) is 0. The fourth-order valence-electron chi connectivity index (χ4n) is 2.04. The van der Waals surface area contributed by atoms with Crippen molar-refractivity contribution in [3.8, 4) is 0 Å². The van der Waals surface area contributed by atoms with Crippen LogP contribution < -0.4 is 0 Å². The van der Waals surface area contributed by atoms with E-state index in [2.05, 4.69) is 4.79 Å². The third-order valence-corrected chi connectivity index (χ3v) is 8.78. The largest absolute Gasteiger partial charge is 0.495 e. The molecule has 0 aromatic rings. The molecule has 1 fully saturated rings. The lowest BCUT2D eigenvalue weighted by Crippen LogP contribution is -2.43. The lowest BCUT2D eigenvalue weighted by molar-refractivity contribution is 0.00356. The maximum atomic E-state index is 12.3. The van der Waals surface area contributed by atoms with Gasteiger partial charge in [0, 0.05) is 0 Å². The summed E-state index contributed by atoms with van der Waals surface area (Å²) in [4.78, 5) is 2.61. The van der Waals surface area contributed by atoms with Crippen molar-refractivity contribution in [3.05, 3.63) is 5.53 Å². The molecule has 0 aliphatic heterocycles. The Labute approximate surface area is 114 Å². The minimum atomic E-state index is -4.18. The molecule has 1 aliphatic rings. The Morgan fingerprint density at radius 2 is 1.53 bits per heavy atom. The molecule has 0 radical (unpaired) electrons. The molecule has 0 amide bonds. The van der Waals surface area contributed by atoms with Crippen molar-refractivity contribution in [2.45, 2.75) is 62.9 Å². The molecule has 19 heavy (non-hydrogen) atoms. The van der Waals surface area contributed by atoms with Gasteiger partial charge in [0.1, 0.15) is 0 Å². The Morgan fingerprint density at radius 1 is 1.05 bits per heavy atom. The van der Waals surface area contributed by atoms with Gasteiger partial charge in [0.25, 0.3) is 19.7 Å². The molecule has 1 saturated carbocycles. The highest BCUT2D eigenvalue weighted by molar-refractivity contribution is 8.31. The summed E-state index contributed by atoms with van der Waals surface area (Å²) in [5.74, 6) is 0. The average molecular weight is 308 g/mol. The zero-order valence-electron chi connectivity index (χ0n) is 11.5. The summed E-state index contributed by atoms with van der Waals surface area (Å²) in [6, 6.07) is 0. The molecule has 1 aliphatic carbocycles. The summed E-state index contributed by atoms with van der Waals surface area (Å²) in [6.45, 7) is 4.14. The maximum absolute atomic E-state index is 12.3. The highest BCUT2D eigenvalue weighted by Gasteiger charge is 2.51. The van der Waals surface area contributed by atoms with E-state index in [0.717, 1.165) is 19.3 Å². The van der Waals surface area contributed by atoms with E-state index in [1.54, 1.807) is 0 Å². The van der Waals surface area contributed by atoms with Crippen LogP contribution in [-0.4, -0.2) is 36.0 Å². The second-order valence-corrected chi connectivity index (χ2v) is 10.8. The molecule has 8 heteroatoms. The maximum Gasteiger partial charge on any atom is 0.495 e. The first kappa shape index (κ1) is 16.3. The first-order valence-corrected chi connectivity index (χ1v) is 9.28. The first-order chi connectivity index (χ1) is 8.55. The Balaban J connectivity index is 3.29. The summed E-state index contributed by atoms with van der Waals surface area (Å²) < 4.78 is 46.7. The van der Waals surface area contributed by atoms with Crippen molar-refractivity contribution < 1.29 is 21.6 Å². The topological polar surface area (TPSA) is 105 Å². The number of sulfone groups is 2. The Bertz CT molecular complexity index is 587. The Hall–Kier alpha value is -0.720. The normalized spacial score (nSPS) is 18.9. The van der Waals surface area contributed by atoms with Crippen LogP contribution in [0.4, 0.5) is 0 Å². The van der Waals surface area contributed by atoms with E-state index < -0.39 is 34.0 Å². The second kappa shape index (κ2) is 5.34. The van der Waals surface area contributed by atoms with Gasteiger partial charge >= 0.3 is 4.38 Å². The zero-order chi connectivity index (χ0) is 14.9. The Morgan fingerprint density at radius 3 is 1.89 bits per heavy atom. The zero-order valence-corrected chi connectivity index (χ0v) is 13.1. The monoisotopic (exact) mass is 308 g/mol. The van der Waals surface area contributed by atoms with Gasteiger partial charge in [0.15, 0.2) is 0 Å². The summed E-state index contributed by atoms with van der Waals surface area (Å²) in [5, 5.41) is -0.760. The predicted molar refractivity (Wildman–Crippen MR) is 73.1 cm³/mol. The van der Waals surface area contributed by atoms with Crippen LogP contribution in [0, 0.1) is 0 Å². The van der Waals surface area contributed by atoms with Gasteiger partial charge in [-0.2, -0.15) is 0 Å². The van der Waals surface area contributed by atoms with E-state index >= 15 is 0 Å².